The van der Waals surface area contributed by atoms with Gasteiger partial charge in [-0.05, 0) is 16.3 Å². The van der Waals surface area contributed by atoms with Gasteiger partial charge >= 0.3 is 18.1 Å². The zero-order valence-electron chi connectivity index (χ0n) is 7.79. The molecule has 0 aliphatic carbocycles. The summed E-state index contributed by atoms with van der Waals surface area (Å²) in [6, 6.07) is 7.19. The minimum absolute atomic E-state index is 0.105. The zero-order chi connectivity index (χ0) is 12.4. The fourth-order valence-corrected chi connectivity index (χ4v) is 2.34. The Hall–Kier alpha value is -0.960. The van der Waals surface area contributed by atoms with E-state index >= 15 is 0 Å². The summed E-state index contributed by atoms with van der Waals surface area (Å²) in [5.41, 5.74) is 0. The Morgan fingerprint density at radius 1 is 1.25 bits per heavy atom. The number of hydrogen-bond donors (Lipinski definition) is 3. The maximum absolute atomic E-state index is 11.2. The van der Waals surface area contributed by atoms with E-state index in [0.29, 0.717) is 0 Å². The molecule has 0 bridgehead atoms. The molecule has 16 heavy (non-hydrogen) atoms. The van der Waals surface area contributed by atoms with Crippen molar-refractivity contribution in [1.82, 2.24) is 4.18 Å². The van der Waals surface area contributed by atoms with E-state index < -0.39 is 22.2 Å². The average molecular weight is 268 g/mol. The molecule has 8 nitrogen and oxygen atoms in total. The van der Waals surface area contributed by atoms with E-state index in [2.05, 4.69) is 4.18 Å². The molecule has 90 valence electrons. The lowest BCUT2D eigenvalue weighted by atomic mass is 10.3. The molecule has 0 radical (unpaired) electrons. The van der Waals surface area contributed by atoms with Crippen LogP contribution < -0.4 is 10.0 Å². The van der Waals surface area contributed by atoms with Crippen LogP contribution in [-0.2, 0) is 14.9 Å². The van der Waals surface area contributed by atoms with Gasteiger partial charge in [0.05, 0.1) is 0 Å². The summed E-state index contributed by atoms with van der Waals surface area (Å²) in [6.07, 6.45) is 0. The normalized spacial score (nSPS) is 12.8. The smallest absolute Gasteiger partial charge is 0.370 e. The maximum atomic E-state index is 11.2. The minimum atomic E-state index is -5.12. The van der Waals surface area contributed by atoms with E-state index in [1.54, 1.807) is 6.07 Å². The summed E-state index contributed by atoms with van der Waals surface area (Å²) < 4.78 is 36.8. The monoisotopic (exact) mass is 268 g/mol. The molecular weight excluding hydrogens is 259 g/mol. The summed E-state index contributed by atoms with van der Waals surface area (Å²) in [7, 11) is -9.84. The Labute approximate surface area is 91.7 Å². The number of para-hydroxylation sites is 1. The predicted octanol–water partition coefficient (Wildman–Crippen LogP) is -0.421. The second-order valence-corrected chi connectivity index (χ2v) is 5.78. The largest absolute Gasteiger partial charge is 0.433 e. The van der Waals surface area contributed by atoms with Gasteiger partial charge in [-0.2, -0.15) is 8.42 Å². The third-order valence-electron chi connectivity index (χ3n) is 1.43. The van der Waals surface area contributed by atoms with Gasteiger partial charge < -0.3 is 14.0 Å². The number of nitrogens with zero attached hydrogens (tertiary/aromatic N) is 1. The summed E-state index contributed by atoms with van der Waals surface area (Å²) in [5.74, 6) is 4.63. The van der Waals surface area contributed by atoms with Crippen LogP contribution in [0.4, 0.5) is 0 Å². The maximum Gasteiger partial charge on any atom is 0.433 e. The van der Waals surface area contributed by atoms with Crippen molar-refractivity contribution >= 4 is 18.1 Å². The van der Waals surface area contributed by atoms with Crippen LogP contribution in [0.1, 0.15) is 0 Å². The van der Waals surface area contributed by atoms with Crippen molar-refractivity contribution in [3.63, 3.8) is 0 Å². The lowest BCUT2D eigenvalue weighted by Gasteiger charge is -2.16. The highest BCUT2D eigenvalue weighted by molar-refractivity contribution is 7.90. The number of hydrazine groups is 1. The first-order valence-corrected chi connectivity index (χ1v) is 6.77. The van der Waals surface area contributed by atoms with Crippen molar-refractivity contribution in [2.75, 3.05) is 0 Å². The molecule has 1 rings (SSSR count). The molecule has 4 N–H and O–H groups in total. The van der Waals surface area contributed by atoms with Crippen LogP contribution in [0, 0.1) is 0 Å². The Morgan fingerprint density at radius 3 is 2.19 bits per heavy atom. The fourth-order valence-electron chi connectivity index (χ4n) is 0.766. The molecule has 0 heterocycles. The molecule has 0 saturated carbocycles. The fraction of sp³-hybridized carbons (Fsp3) is 0. The molecule has 1 aromatic carbocycles. The van der Waals surface area contributed by atoms with Crippen molar-refractivity contribution in [2.45, 2.75) is 0 Å². The second-order valence-electron chi connectivity index (χ2n) is 2.64. The lowest BCUT2D eigenvalue weighted by Crippen LogP contribution is -2.37. The van der Waals surface area contributed by atoms with Gasteiger partial charge in [0, 0.05) is 0 Å². The standard InChI is InChI=1S/C6H9N2O6PS/c7-8(15(9,10)11)16(12,13)14-6-4-2-1-3-5-6/h1-5H,7H2,(H2,9,10,11). The minimum Gasteiger partial charge on any atom is -0.370 e. The molecule has 0 saturated heterocycles. The first-order valence-electron chi connectivity index (χ1n) is 3.84. The molecule has 0 fully saturated rings. The molecule has 1 aromatic rings. The van der Waals surface area contributed by atoms with Crippen LogP contribution in [-0.4, -0.2) is 22.4 Å². The molecular formula is C6H9N2O6PS. The Morgan fingerprint density at radius 2 is 1.75 bits per heavy atom. The summed E-state index contributed by atoms with van der Waals surface area (Å²) in [4.78, 5) is 17.1. The third kappa shape index (κ3) is 3.27. The number of hydrogen-bond acceptors (Lipinski definition) is 5. The highest BCUT2D eigenvalue weighted by atomic mass is 32.2. The van der Waals surface area contributed by atoms with E-state index in [4.69, 9.17) is 15.6 Å². The number of nitrogens with two attached hydrogens (primary N) is 1. The SMILES string of the molecule is NN(P(=O)(O)O)S(=O)(=O)Oc1ccccc1. The van der Waals surface area contributed by atoms with Gasteiger partial charge in [-0.3, -0.25) is 0 Å². The summed E-state index contributed by atoms with van der Waals surface area (Å²) >= 11 is 0. The van der Waals surface area contributed by atoms with E-state index in [9.17, 15) is 13.0 Å². The second kappa shape index (κ2) is 4.50. The highest BCUT2D eigenvalue weighted by Crippen LogP contribution is 2.39. The van der Waals surface area contributed by atoms with Gasteiger partial charge in [0.25, 0.3) is 0 Å². The highest BCUT2D eigenvalue weighted by Gasteiger charge is 2.36. The molecule has 0 spiro atoms. The van der Waals surface area contributed by atoms with Gasteiger partial charge in [-0.25, -0.2) is 10.4 Å². The summed E-state index contributed by atoms with van der Waals surface area (Å²) in [6.45, 7) is 0. The molecule has 0 aromatic heterocycles. The predicted molar refractivity (Wildman–Crippen MR) is 54.1 cm³/mol. The molecule has 0 aliphatic heterocycles. The van der Waals surface area contributed by atoms with Crippen LogP contribution in [0.5, 0.6) is 5.75 Å². The summed E-state index contributed by atoms with van der Waals surface area (Å²) in [5, 5.41) is 0. The molecule has 0 amide bonds. The number of benzene rings is 1. The Kier molecular flexibility index (Phi) is 3.68. The van der Waals surface area contributed by atoms with Crippen molar-refractivity contribution in [3.05, 3.63) is 30.3 Å². The van der Waals surface area contributed by atoms with Crippen molar-refractivity contribution < 1.29 is 27.0 Å². The van der Waals surface area contributed by atoms with Gasteiger partial charge in [-0.15, -0.1) is 0 Å². The van der Waals surface area contributed by atoms with Crippen LogP contribution in [0.3, 0.4) is 0 Å². The quantitative estimate of drug-likeness (QED) is 0.384. The van der Waals surface area contributed by atoms with Crippen LogP contribution in [0.15, 0.2) is 30.3 Å². The average Bonchev–Trinajstić information content (AvgIpc) is 2.16. The van der Waals surface area contributed by atoms with Crippen molar-refractivity contribution in [1.29, 1.82) is 0 Å². The molecule has 0 atom stereocenters. The van der Waals surface area contributed by atoms with Crippen LogP contribution in [0.2, 0.25) is 0 Å². The van der Waals surface area contributed by atoms with Gasteiger partial charge in [-0.1, -0.05) is 18.2 Å². The van der Waals surface area contributed by atoms with Gasteiger partial charge in [0.15, 0.2) is 0 Å². The van der Waals surface area contributed by atoms with E-state index in [-0.39, 0.29) is 5.75 Å². The van der Waals surface area contributed by atoms with Crippen molar-refractivity contribution in [2.24, 2.45) is 5.84 Å². The zero-order valence-corrected chi connectivity index (χ0v) is 9.51. The van der Waals surface area contributed by atoms with Crippen molar-refractivity contribution in [3.8, 4) is 5.75 Å². The van der Waals surface area contributed by atoms with Crippen LogP contribution in [0.25, 0.3) is 0 Å². The van der Waals surface area contributed by atoms with Crippen LogP contribution >= 0.6 is 7.75 Å². The Bertz CT molecular complexity index is 497. The molecule has 0 unspecified atom stereocenters. The van der Waals surface area contributed by atoms with E-state index in [1.807, 2.05) is 0 Å². The molecule has 0 aliphatic rings. The first kappa shape index (κ1) is 13.1. The third-order valence-corrected chi connectivity index (χ3v) is 4.04. The molecule has 10 heteroatoms. The van der Waals surface area contributed by atoms with Gasteiger partial charge in [0.2, 0.25) is 0 Å². The first-order chi connectivity index (χ1) is 7.23. The van der Waals surface area contributed by atoms with Gasteiger partial charge in [0.1, 0.15) is 5.75 Å². The van der Waals surface area contributed by atoms with E-state index in [0.717, 1.165) is 0 Å². The topological polar surface area (TPSA) is 130 Å². The van der Waals surface area contributed by atoms with E-state index in [1.165, 1.54) is 24.3 Å². The lowest BCUT2D eigenvalue weighted by molar-refractivity contribution is 0.310. The Balaban J connectivity index is 2.94. The number of rotatable bonds is 4.